The number of amides is 1. The van der Waals surface area contributed by atoms with Gasteiger partial charge in [0.25, 0.3) is 11.7 Å². The second-order valence-corrected chi connectivity index (χ2v) is 4.92. The van der Waals surface area contributed by atoms with Gasteiger partial charge in [-0.05, 0) is 28.5 Å². The van der Waals surface area contributed by atoms with E-state index in [2.05, 4.69) is 0 Å². The van der Waals surface area contributed by atoms with Gasteiger partial charge in [-0.3, -0.25) is 14.5 Å². The number of Topliss-reactive ketones (excluding diaryl/α,β-unsaturated/α-hetero) is 1. The predicted octanol–water partition coefficient (Wildman–Crippen LogP) is 2.76. The van der Waals surface area contributed by atoms with Gasteiger partial charge in [0.2, 0.25) is 0 Å². The van der Waals surface area contributed by atoms with E-state index in [-0.39, 0.29) is 17.8 Å². The van der Waals surface area contributed by atoms with Crippen molar-refractivity contribution in [3.05, 3.63) is 51.7 Å². The third kappa shape index (κ3) is 1.84. The molecular weight excluding hydrogens is 272 g/mol. The van der Waals surface area contributed by atoms with Gasteiger partial charge < -0.3 is 0 Å². The van der Waals surface area contributed by atoms with Crippen molar-refractivity contribution in [3.63, 3.8) is 0 Å². The summed E-state index contributed by atoms with van der Waals surface area (Å²) in [6, 6.07) is 3.35. The SMILES string of the molecule is O=C1C(=O)N(Cc2ccsc2)c2c(F)cc(F)cc21. The number of carbonyl (C=O) groups excluding carboxylic acids is 2. The number of anilines is 1. The first-order valence-corrected chi connectivity index (χ1v) is 6.38. The van der Waals surface area contributed by atoms with E-state index in [1.807, 2.05) is 5.38 Å². The zero-order valence-electron chi connectivity index (χ0n) is 9.52. The average Bonchev–Trinajstić information content (AvgIpc) is 2.93. The van der Waals surface area contributed by atoms with Crippen molar-refractivity contribution in [1.29, 1.82) is 0 Å². The van der Waals surface area contributed by atoms with E-state index in [4.69, 9.17) is 0 Å². The Hall–Kier alpha value is -2.08. The summed E-state index contributed by atoms with van der Waals surface area (Å²) in [6.45, 7) is 0.101. The van der Waals surface area contributed by atoms with Gasteiger partial charge in [-0.2, -0.15) is 11.3 Å². The van der Waals surface area contributed by atoms with Crippen LogP contribution in [0, 0.1) is 11.6 Å². The van der Waals surface area contributed by atoms with Gasteiger partial charge in [0.1, 0.15) is 5.82 Å². The highest BCUT2D eigenvalue weighted by atomic mass is 32.1. The number of carbonyl (C=O) groups is 2. The van der Waals surface area contributed by atoms with E-state index in [1.165, 1.54) is 11.3 Å². The Morgan fingerprint density at radius 2 is 2.00 bits per heavy atom. The third-order valence-electron chi connectivity index (χ3n) is 2.90. The summed E-state index contributed by atoms with van der Waals surface area (Å²) in [5, 5.41) is 3.62. The molecule has 3 rings (SSSR count). The molecule has 2 heterocycles. The monoisotopic (exact) mass is 279 g/mol. The predicted molar refractivity (Wildman–Crippen MR) is 66.2 cm³/mol. The third-order valence-corrected chi connectivity index (χ3v) is 3.63. The Morgan fingerprint density at radius 3 is 2.68 bits per heavy atom. The Bertz CT molecular complexity index is 682. The minimum atomic E-state index is -0.899. The van der Waals surface area contributed by atoms with Crippen LogP contribution in [0.25, 0.3) is 0 Å². The van der Waals surface area contributed by atoms with Crippen molar-refractivity contribution in [2.45, 2.75) is 6.54 Å². The first-order valence-electron chi connectivity index (χ1n) is 5.44. The van der Waals surface area contributed by atoms with Crippen LogP contribution in [0.5, 0.6) is 0 Å². The Labute approximate surface area is 111 Å². The summed E-state index contributed by atoms with van der Waals surface area (Å²) in [5.41, 5.74) is 0.447. The molecule has 0 bridgehead atoms. The van der Waals surface area contributed by atoms with Gasteiger partial charge in [-0.15, -0.1) is 0 Å². The molecule has 96 valence electrons. The van der Waals surface area contributed by atoms with Crippen molar-refractivity contribution in [2.24, 2.45) is 0 Å². The molecule has 0 atom stereocenters. The number of halogens is 2. The maximum absolute atomic E-state index is 13.8. The van der Waals surface area contributed by atoms with Crippen LogP contribution in [0.2, 0.25) is 0 Å². The lowest BCUT2D eigenvalue weighted by Gasteiger charge is -2.16. The molecule has 0 radical (unpaired) electrons. The molecule has 1 aliphatic rings. The lowest BCUT2D eigenvalue weighted by molar-refractivity contribution is -0.114. The van der Waals surface area contributed by atoms with Crippen LogP contribution in [0.3, 0.4) is 0 Å². The number of nitrogens with zero attached hydrogens (tertiary/aromatic N) is 1. The maximum atomic E-state index is 13.8. The van der Waals surface area contributed by atoms with E-state index >= 15 is 0 Å². The zero-order valence-corrected chi connectivity index (χ0v) is 10.3. The molecule has 6 heteroatoms. The number of benzene rings is 1. The summed E-state index contributed by atoms with van der Waals surface area (Å²) >= 11 is 1.44. The van der Waals surface area contributed by atoms with E-state index in [1.54, 1.807) is 11.4 Å². The molecule has 19 heavy (non-hydrogen) atoms. The van der Waals surface area contributed by atoms with Gasteiger partial charge in [0.05, 0.1) is 17.8 Å². The molecular formula is C13H7F2NO2S. The number of thiophene rings is 1. The molecule has 1 aromatic heterocycles. The molecule has 1 aliphatic heterocycles. The largest absolute Gasteiger partial charge is 0.299 e. The maximum Gasteiger partial charge on any atom is 0.299 e. The minimum absolute atomic E-state index is 0.101. The lowest BCUT2D eigenvalue weighted by Crippen LogP contribution is -2.29. The summed E-state index contributed by atoms with van der Waals surface area (Å²) in [4.78, 5) is 24.6. The first kappa shape index (κ1) is 12.0. The number of rotatable bonds is 2. The molecule has 3 nitrogen and oxygen atoms in total. The van der Waals surface area contributed by atoms with Gasteiger partial charge in [0.15, 0.2) is 5.82 Å². The van der Waals surface area contributed by atoms with Crippen LogP contribution >= 0.6 is 11.3 Å². The topological polar surface area (TPSA) is 37.4 Å². The van der Waals surface area contributed by atoms with Crippen LogP contribution < -0.4 is 4.90 Å². The smallest absolute Gasteiger partial charge is 0.298 e. The molecule has 0 saturated carbocycles. The summed E-state index contributed by atoms with van der Waals surface area (Å²) in [6.07, 6.45) is 0. The van der Waals surface area contributed by atoms with Gasteiger partial charge in [-0.25, -0.2) is 8.78 Å². The standard InChI is InChI=1S/C13H7F2NO2S/c14-8-3-9-11(10(15)4-8)16(13(18)12(9)17)5-7-1-2-19-6-7/h1-4,6H,5H2. The Kier molecular flexibility index (Phi) is 2.67. The molecule has 2 aromatic rings. The molecule has 0 saturated heterocycles. The summed E-state index contributed by atoms with van der Waals surface area (Å²) in [5.74, 6) is -3.46. The molecule has 1 aromatic carbocycles. The fourth-order valence-corrected chi connectivity index (χ4v) is 2.73. The quantitative estimate of drug-likeness (QED) is 0.793. The van der Waals surface area contributed by atoms with Crippen LogP contribution in [0.15, 0.2) is 29.0 Å². The first-order chi connectivity index (χ1) is 9.08. The summed E-state index contributed by atoms with van der Waals surface area (Å²) in [7, 11) is 0. The van der Waals surface area contributed by atoms with Gasteiger partial charge in [-0.1, -0.05) is 0 Å². The Balaban J connectivity index is 2.09. The molecule has 0 aliphatic carbocycles. The summed E-state index contributed by atoms with van der Waals surface area (Å²) < 4.78 is 26.9. The van der Waals surface area contributed by atoms with E-state index in [9.17, 15) is 18.4 Å². The van der Waals surface area contributed by atoms with E-state index in [0.717, 1.165) is 16.5 Å². The van der Waals surface area contributed by atoms with Crippen LogP contribution in [-0.2, 0) is 11.3 Å². The van der Waals surface area contributed by atoms with Crippen LogP contribution in [0.1, 0.15) is 15.9 Å². The molecule has 0 fully saturated rings. The van der Waals surface area contributed by atoms with Crippen LogP contribution in [0.4, 0.5) is 14.5 Å². The Morgan fingerprint density at radius 1 is 1.21 bits per heavy atom. The highest BCUT2D eigenvalue weighted by Gasteiger charge is 2.38. The average molecular weight is 279 g/mol. The zero-order chi connectivity index (χ0) is 13.6. The van der Waals surface area contributed by atoms with Crippen molar-refractivity contribution in [2.75, 3.05) is 4.90 Å². The normalized spacial score (nSPS) is 14.1. The van der Waals surface area contributed by atoms with Crippen molar-refractivity contribution < 1.29 is 18.4 Å². The van der Waals surface area contributed by atoms with Crippen molar-refractivity contribution >= 4 is 28.7 Å². The van der Waals surface area contributed by atoms with Crippen molar-refractivity contribution in [1.82, 2.24) is 0 Å². The number of hydrogen-bond donors (Lipinski definition) is 0. The number of ketones is 1. The number of fused-ring (bicyclic) bond motifs is 1. The van der Waals surface area contributed by atoms with Gasteiger partial charge in [0, 0.05) is 6.07 Å². The van der Waals surface area contributed by atoms with E-state index in [0.29, 0.717) is 6.07 Å². The fourth-order valence-electron chi connectivity index (χ4n) is 2.07. The molecule has 0 spiro atoms. The lowest BCUT2D eigenvalue weighted by atomic mass is 10.1. The number of hydrogen-bond acceptors (Lipinski definition) is 3. The second-order valence-electron chi connectivity index (χ2n) is 4.14. The van der Waals surface area contributed by atoms with Crippen LogP contribution in [-0.4, -0.2) is 11.7 Å². The minimum Gasteiger partial charge on any atom is -0.298 e. The van der Waals surface area contributed by atoms with E-state index < -0.39 is 23.3 Å². The molecule has 0 N–H and O–H groups in total. The van der Waals surface area contributed by atoms with Crippen molar-refractivity contribution in [3.8, 4) is 0 Å². The molecule has 0 unspecified atom stereocenters. The fraction of sp³-hybridized carbons (Fsp3) is 0.0769. The van der Waals surface area contributed by atoms with Gasteiger partial charge >= 0.3 is 0 Å². The second kappa shape index (κ2) is 4.24. The highest BCUT2D eigenvalue weighted by molar-refractivity contribution is 7.07. The highest BCUT2D eigenvalue weighted by Crippen LogP contribution is 2.33. The molecule has 1 amide bonds.